The zero-order chi connectivity index (χ0) is 6.69. The highest BCUT2D eigenvalue weighted by Gasteiger charge is 2.00. The molecule has 0 aliphatic rings. The fourth-order valence-electron chi connectivity index (χ4n) is 0.581. The Balaban J connectivity index is 2.69. The monoisotopic (exact) mass is 127 g/mol. The van der Waals surface area contributed by atoms with Gasteiger partial charge < -0.3 is 9.84 Å². The summed E-state index contributed by atoms with van der Waals surface area (Å²) >= 11 is 0. The Morgan fingerprint density at radius 3 is 2.89 bits per heavy atom. The lowest BCUT2D eigenvalue weighted by molar-refractivity contribution is 0.373. The van der Waals surface area contributed by atoms with Crippen molar-refractivity contribution in [3.05, 3.63) is 11.5 Å². The summed E-state index contributed by atoms with van der Waals surface area (Å²) in [5.41, 5.74) is 0.873. The van der Waals surface area contributed by atoms with Gasteiger partial charge in [-0.2, -0.15) is 0 Å². The molecular weight excluding hydrogens is 118 g/mol. The van der Waals surface area contributed by atoms with E-state index in [0.29, 0.717) is 0 Å². The molecule has 0 atom stereocenters. The Kier molecular flexibility index (Phi) is 1.79. The predicted molar refractivity (Wildman–Crippen MR) is 31.8 cm³/mol. The van der Waals surface area contributed by atoms with Crippen molar-refractivity contribution in [3.63, 3.8) is 0 Å². The largest absolute Gasteiger partial charge is 0.342 e. The molecule has 0 fully saturated rings. The standard InChI is InChI=1S/C5H9N3O/c1-4-5(3-6-2)7-8-9-4/h6H,3H2,1-2H3. The van der Waals surface area contributed by atoms with Gasteiger partial charge in [0, 0.05) is 11.8 Å². The van der Waals surface area contributed by atoms with Crippen LogP contribution in [0.3, 0.4) is 0 Å². The van der Waals surface area contributed by atoms with Gasteiger partial charge in [-0.15, -0.1) is 5.10 Å². The minimum absolute atomic E-state index is 0.718. The highest BCUT2D eigenvalue weighted by atomic mass is 16.5. The number of rotatable bonds is 2. The van der Waals surface area contributed by atoms with Crippen molar-refractivity contribution in [3.8, 4) is 0 Å². The second-order valence-electron chi connectivity index (χ2n) is 1.81. The quantitative estimate of drug-likeness (QED) is 0.612. The molecule has 50 valence electrons. The fraction of sp³-hybridized carbons (Fsp3) is 0.600. The second-order valence-corrected chi connectivity index (χ2v) is 1.81. The van der Waals surface area contributed by atoms with Gasteiger partial charge in [0.1, 0.15) is 5.69 Å². The van der Waals surface area contributed by atoms with Crippen LogP contribution in [0.2, 0.25) is 0 Å². The van der Waals surface area contributed by atoms with Crippen molar-refractivity contribution in [1.29, 1.82) is 0 Å². The molecule has 0 aliphatic carbocycles. The van der Waals surface area contributed by atoms with Crippen LogP contribution < -0.4 is 5.32 Å². The molecule has 0 unspecified atom stereocenters. The number of nitrogens with zero attached hydrogens (tertiary/aromatic N) is 2. The number of aryl methyl sites for hydroxylation is 1. The summed E-state index contributed by atoms with van der Waals surface area (Å²) in [4.78, 5) is 0. The van der Waals surface area contributed by atoms with Crippen molar-refractivity contribution in [2.24, 2.45) is 0 Å². The minimum Gasteiger partial charge on any atom is -0.342 e. The fourth-order valence-corrected chi connectivity index (χ4v) is 0.581. The maximum absolute atomic E-state index is 4.72. The zero-order valence-electron chi connectivity index (χ0n) is 5.51. The van der Waals surface area contributed by atoms with Crippen LogP contribution >= 0.6 is 0 Å². The minimum atomic E-state index is 0.718. The van der Waals surface area contributed by atoms with E-state index in [1.54, 1.807) is 0 Å². The number of nitrogens with one attached hydrogen (secondary N) is 1. The van der Waals surface area contributed by atoms with Crippen molar-refractivity contribution < 1.29 is 4.52 Å². The summed E-state index contributed by atoms with van der Waals surface area (Å²) in [6, 6.07) is 0. The van der Waals surface area contributed by atoms with Crippen molar-refractivity contribution in [1.82, 2.24) is 15.7 Å². The van der Waals surface area contributed by atoms with Gasteiger partial charge in [0.15, 0.2) is 5.76 Å². The summed E-state index contributed by atoms with van der Waals surface area (Å²) in [5, 5.41) is 10.1. The van der Waals surface area contributed by atoms with Crippen LogP contribution in [0, 0.1) is 6.92 Å². The number of hydrogen-bond acceptors (Lipinski definition) is 4. The summed E-state index contributed by atoms with van der Waals surface area (Å²) in [6.45, 7) is 2.56. The van der Waals surface area contributed by atoms with E-state index in [1.165, 1.54) is 0 Å². The maximum atomic E-state index is 4.72. The average molecular weight is 127 g/mol. The van der Waals surface area contributed by atoms with Crippen molar-refractivity contribution in [2.45, 2.75) is 13.5 Å². The number of hydrogen-bond donors (Lipinski definition) is 1. The topological polar surface area (TPSA) is 51.0 Å². The first-order chi connectivity index (χ1) is 4.34. The van der Waals surface area contributed by atoms with E-state index in [0.717, 1.165) is 18.0 Å². The molecule has 1 rings (SSSR count). The molecule has 0 aromatic carbocycles. The lowest BCUT2D eigenvalue weighted by Crippen LogP contribution is -2.06. The van der Waals surface area contributed by atoms with Crippen LogP contribution in [-0.4, -0.2) is 17.4 Å². The molecule has 9 heavy (non-hydrogen) atoms. The van der Waals surface area contributed by atoms with Gasteiger partial charge in [-0.1, -0.05) is 0 Å². The van der Waals surface area contributed by atoms with Crippen LogP contribution in [0.15, 0.2) is 4.52 Å². The second kappa shape index (κ2) is 2.59. The summed E-state index contributed by atoms with van der Waals surface area (Å²) in [7, 11) is 1.86. The molecule has 0 bridgehead atoms. The molecule has 0 aliphatic heterocycles. The van der Waals surface area contributed by atoms with Crippen LogP contribution in [-0.2, 0) is 6.54 Å². The Hall–Kier alpha value is -0.900. The Morgan fingerprint density at radius 1 is 1.67 bits per heavy atom. The van der Waals surface area contributed by atoms with E-state index < -0.39 is 0 Å². The molecule has 4 nitrogen and oxygen atoms in total. The van der Waals surface area contributed by atoms with Crippen molar-refractivity contribution >= 4 is 0 Å². The van der Waals surface area contributed by atoms with E-state index in [9.17, 15) is 0 Å². The third-order valence-corrected chi connectivity index (χ3v) is 1.09. The molecule has 0 spiro atoms. The zero-order valence-corrected chi connectivity index (χ0v) is 5.51. The highest BCUT2D eigenvalue weighted by Crippen LogP contribution is 1.99. The molecule has 1 aromatic rings. The molecule has 4 heteroatoms. The molecule has 1 N–H and O–H groups in total. The lowest BCUT2D eigenvalue weighted by atomic mass is 10.4. The van der Waals surface area contributed by atoms with Gasteiger partial charge in [0.05, 0.1) is 0 Å². The SMILES string of the molecule is CNCc1nnoc1C. The van der Waals surface area contributed by atoms with Crippen molar-refractivity contribution in [2.75, 3.05) is 7.05 Å². The summed E-state index contributed by atoms with van der Waals surface area (Å²) in [5.74, 6) is 0.782. The normalized spacial score (nSPS) is 10.0. The molecule has 1 aromatic heterocycles. The summed E-state index contributed by atoms with van der Waals surface area (Å²) < 4.78 is 4.72. The third kappa shape index (κ3) is 1.26. The molecule has 0 amide bonds. The molecule has 0 radical (unpaired) electrons. The van der Waals surface area contributed by atoms with E-state index in [-0.39, 0.29) is 0 Å². The van der Waals surface area contributed by atoms with Crippen LogP contribution in [0.4, 0.5) is 0 Å². The first-order valence-corrected chi connectivity index (χ1v) is 2.77. The Bertz CT molecular complexity index is 184. The average Bonchev–Trinajstić information content (AvgIpc) is 2.18. The van der Waals surface area contributed by atoms with Gasteiger partial charge in [0.25, 0.3) is 0 Å². The number of aromatic nitrogens is 2. The molecule has 0 saturated carbocycles. The Labute approximate surface area is 53.2 Å². The van der Waals surface area contributed by atoms with Gasteiger partial charge in [-0.25, -0.2) is 0 Å². The van der Waals surface area contributed by atoms with Crippen LogP contribution in [0.25, 0.3) is 0 Å². The molecular formula is C5H9N3O. The highest BCUT2D eigenvalue weighted by molar-refractivity contribution is 5.01. The first kappa shape index (κ1) is 6.22. The first-order valence-electron chi connectivity index (χ1n) is 2.77. The maximum Gasteiger partial charge on any atom is 0.158 e. The van der Waals surface area contributed by atoms with Gasteiger partial charge >= 0.3 is 0 Å². The van der Waals surface area contributed by atoms with E-state index >= 15 is 0 Å². The Morgan fingerprint density at radius 2 is 2.44 bits per heavy atom. The third-order valence-electron chi connectivity index (χ3n) is 1.09. The predicted octanol–water partition coefficient (Wildman–Crippen LogP) is 0.0974. The molecule has 1 heterocycles. The van der Waals surface area contributed by atoms with Crippen LogP contribution in [0.5, 0.6) is 0 Å². The van der Waals surface area contributed by atoms with Crippen LogP contribution in [0.1, 0.15) is 11.5 Å². The van der Waals surface area contributed by atoms with Gasteiger partial charge in [0.2, 0.25) is 0 Å². The smallest absolute Gasteiger partial charge is 0.158 e. The van der Waals surface area contributed by atoms with Gasteiger partial charge in [-0.3, -0.25) is 0 Å². The summed E-state index contributed by atoms with van der Waals surface area (Å²) in [6.07, 6.45) is 0. The van der Waals surface area contributed by atoms with Gasteiger partial charge in [-0.05, 0) is 14.0 Å². The lowest BCUT2D eigenvalue weighted by Gasteiger charge is -1.89. The van der Waals surface area contributed by atoms with E-state index in [2.05, 4.69) is 15.7 Å². The molecule has 0 saturated heterocycles. The van der Waals surface area contributed by atoms with E-state index in [1.807, 2.05) is 14.0 Å². The van der Waals surface area contributed by atoms with E-state index in [4.69, 9.17) is 4.52 Å².